The molecule has 29 heavy (non-hydrogen) atoms. The largest absolute Gasteiger partial charge is 0.368 e. The summed E-state index contributed by atoms with van der Waals surface area (Å²) in [6, 6.07) is 6.36. The number of hydrogen-bond donors (Lipinski definition) is 0. The number of anilines is 2. The van der Waals surface area contributed by atoms with Gasteiger partial charge >= 0.3 is 0 Å². The minimum Gasteiger partial charge on any atom is -0.368 e. The Morgan fingerprint density at radius 1 is 1.10 bits per heavy atom. The number of fused-ring (bicyclic) bond motifs is 1. The highest BCUT2D eigenvalue weighted by molar-refractivity contribution is 7.90. The standard InChI is InChI=1S/C18H19N5O4S2/c1-12-9-14-17(19-11-20-18(14)28-12)22-7-5-21(6-8-22)13-3-4-15(23(24)25)16(10-13)29(2,26)27/h3-4,9-11H,5-8H2,1-2H3. The lowest BCUT2D eigenvalue weighted by Crippen LogP contribution is -2.47. The number of nitrogens with zero attached hydrogens (tertiary/aromatic N) is 5. The second-order valence-electron chi connectivity index (χ2n) is 6.93. The summed E-state index contributed by atoms with van der Waals surface area (Å²) < 4.78 is 24.0. The molecule has 11 heteroatoms. The van der Waals surface area contributed by atoms with Gasteiger partial charge in [-0.15, -0.1) is 11.3 Å². The third-order valence-corrected chi connectivity index (χ3v) is 7.00. The Balaban J connectivity index is 1.58. The summed E-state index contributed by atoms with van der Waals surface area (Å²) in [5, 5.41) is 12.2. The fraction of sp³-hybridized carbons (Fsp3) is 0.333. The molecule has 152 valence electrons. The van der Waals surface area contributed by atoms with Gasteiger partial charge in [-0.25, -0.2) is 18.4 Å². The van der Waals surface area contributed by atoms with E-state index < -0.39 is 20.4 Å². The predicted octanol–water partition coefficient (Wildman–Crippen LogP) is 2.64. The molecule has 0 aliphatic carbocycles. The van der Waals surface area contributed by atoms with Crippen molar-refractivity contribution < 1.29 is 13.3 Å². The van der Waals surface area contributed by atoms with Crippen LogP contribution in [0.1, 0.15) is 4.88 Å². The Hall–Kier alpha value is -2.79. The number of rotatable bonds is 4. The van der Waals surface area contributed by atoms with Gasteiger partial charge in [0.2, 0.25) is 0 Å². The zero-order chi connectivity index (χ0) is 20.8. The predicted molar refractivity (Wildman–Crippen MR) is 113 cm³/mol. The second kappa shape index (κ2) is 7.23. The van der Waals surface area contributed by atoms with E-state index in [-0.39, 0.29) is 4.90 Å². The Labute approximate surface area is 171 Å². The van der Waals surface area contributed by atoms with Gasteiger partial charge in [0, 0.05) is 49.1 Å². The molecule has 0 unspecified atom stereocenters. The fourth-order valence-corrected chi connectivity index (χ4v) is 5.24. The number of thiophene rings is 1. The van der Waals surface area contributed by atoms with Crippen molar-refractivity contribution in [1.82, 2.24) is 9.97 Å². The highest BCUT2D eigenvalue weighted by Crippen LogP contribution is 2.32. The molecule has 1 aliphatic heterocycles. The molecule has 1 aliphatic rings. The van der Waals surface area contributed by atoms with Gasteiger partial charge in [0.1, 0.15) is 21.9 Å². The van der Waals surface area contributed by atoms with Crippen molar-refractivity contribution in [2.45, 2.75) is 11.8 Å². The zero-order valence-electron chi connectivity index (χ0n) is 15.9. The van der Waals surface area contributed by atoms with Gasteiger partial charge in [-0.05, 0) is 25.1 Å². The summed E-state index contributed by atoms with van der Waals surface area (Å²) in [6.07, 6.45) is 2.56. The van der Waals surface area contributed by atoms with Crippen LogP contribution in [0.15, 0.2) is 35.5 Å². The molecule has 0 saturated carbocycles. The maximum atomic E-state index is 12.0. The lowest BCUT2D eigenvalue weighted by molar-refractivity contribution is -0.387. The minimum absolute atomic E-state index is 0.256. The molecule has 1 saturated heterocycles. The van der Waals surface area contributed by atoms with Gasteiger partial charge < -0.3 is 9.80 Å². The van der Waals surface area contributed by atoms with Crippen LogP contribution in [-0.2, 0) is 9.84 Å². The van der Waals surface area contributed by atoms with Crippen molar-refractivity contribution in [2.75, 3.05) is 42.2 Å². The van der Waals surface area contributed by atoms with Crippen LogP contribution < -0.4 is 9.80 Å². The van der Waals surface area contributed by atoms with Crippen molar-refractivity contribution >= 4 is 48.6 Å². The Morgan fingerprint density at radius 3 is 2.45 bits per heavy atom. The molecular formula is C18H19N5O4S2. The van der Waals surface area contributed by atoms with Crippen molar-refractivity contribution in [2.24, 2.45) is 0 Å². The van der Waals surface area contributed by atoms with Gasteiger partial charge in [-0.1, -0.05) is 0 Å². The van der Waals surface area contributed by atoms with Crippen molar-refractivity contribution in [1.29, 1.82) is 0 Å². The monoisotopic (exact) mass is 433 g/mol. The summed E-state index contributed by atoms with van der Waals surface area (Å²) in [5.74, 6) is 0.902. The molecule has 0 atom stereocenters. The number of aromatic nitrogens is 2. The van der Waals surface area contributed by atoms with E-state index in [9.17, 15) is 18.5 Å². The number of benzene rings is 1. The van der Waals surface area contributed by atoms with Crippen molar-refractivity contribution in [3.05, 3.63) is 45.6 Å². The number of piperazine rings is 1. The lowest BCUT2D eigenvalue weighted by atomic mass is 10.2. The van der Waals surface area contributed by atoms with E-state index in [0.717, 1.165) is 22.3 Å². The summed E-state index contributed by atoms with van der Waals surface area (Å²) in [5.41, 5.74) is 0.265. The van der Waals surface area contributed by atoms with Crippen LogP contribution in [-0.4, -0.2) is 55.7 Å². The maximum Gasteiger partial charge on any atom is 0.288 e. The number of hydrogen-bond acceptors (Lipinski definition) is 9. The van der Waals surface area contributed by atoms with E-state index in [0.29, 0.717) is 31.9 Å². The highest BCUT2D eigenvalue weighted by atomic mass is 32.2. The van der Waals surface area contributed by atoms with E-state index >= 15 is 0 Å². The van der Waals surface area contributed by atoms with Gasteiger partial charge in [0.15, 0.2) is 9.84 Å². The first kappa shape index (κ1) is 19.5. The summed E-state index contributed by atoms with van der Waals surface area (Å²) in [6.45, 7) is 4.74. The van der Waals surface area contributed by atoms with Crippen LogP contribution in [0.5, 0.6) is 0 Å². The number of sulfone groups is 1. The first-order valence-electron chi connectivity index (χ1n) is 8.93. The molecule has 3 heterocycles. The molecule has 9 nitrogen and oxygen atoms in total. The summed E-state index contributed by atoms with van der Waals surface area (Å²) >= 11 is 1.64. The first-order chi connectivity index (χ1) is 13.7. The molecule has 0 N–H and O–H groups in total. The topological polar surface area (TPSA) is 110 Å². The minimum atomic E-state index is -3.71. The van der Waals surface area contributed by atoms with Crippen LogP contribution in [0.4, 0.5) is 17.2 Å². The van der Waals surface area contributed by atoms with Crippen LogP contribution >= 0.6 is 11.3 Å². The molecular weight excluding hydrogens is 414 g/mol. The quantitative estimate of drug-likeness (QED) is 0.456. The second-order valence-corrected chi connectivity index (χ2v) is 10.1. The Morgan fingerprint density at radius 2 is 1.79 bits per heavy atom. The van der Waals surface area contributed by atoms with Crippen molar-refractivity contribution in [3.63, 3.8) is 0 Å². The molecule has 2 aromatic heterocycles. The van der Waals surface area contributed by atoms with E-state index in [4.69, 9.17) is 0 Å². The number of aryl methyl sites for hydroxylation is 1. The van der Waals surface area contributed by atoms with Crippen molar-refractivity contribution in [3.8, 4) is 0 Å². The zero-order valence-corrected chi connectivity index (χ0v) is 17.5. The first-order valence-corrected chi connectivity index (χ1v) is 11.6. The number of nitro benzene ring substituents is 1. The third-order valence-electron chi connectivity index (χ3n) is 4.92. The molecule has 1 aromatic carbocycles. The average molecular weight is 434 g/mol. The SMILES string of the molecule is Cc1cc2c(N3CCN(c4ccc([N+](=O)[O-])c(S(C)(=O)=O)c4)CC3)ncnc2s1. The molecule has 1 fully saturated rings. The Bertz CT molecular complexity index is 1200. The molecule has 0 radical (unpaired) electrons. The third kappa shape index (κ3) is 3.75. The van der Waals surface area contributed by atoms with Gasteiger partial charge in [-0.2, -0.15) is 0 Å². The Kier molecular flexibility index (Phi) is 4.87. The van der Waals surface area contributed by atoms with E-state index in [1.165, 1.54) is 17.0 Å². The smallest absolute Gasteiger partial charge is 0.288 e. The molecule has 0 spiro atoms. The maximum absolute atomic E-state index is 12.0. The fourth-order valence-electron chi connectivity index (χ4n) is 3.54. The summed E-state index contributed by atoms with van der Waals surface area (Å²) in [4.78, 5) is 25.4. The van der Waals surface area contributed by atoms with Gasteiger partial charge in [-0.3, -0.25) is 10.1 Å². The number of nitro groups is 1. The van der Waals surface area contributed by atoms with E-state index in [2.05, 4.69) is 20.9 Å². The van der Waals surface area contributed by atoms with E-state index in [1.807, 2.05) is 11.8 Å². The molecule has 0 bridgehead atoms. The highest BCUT2D eigenvalue weighted by Gasteiger charge is 2.26. The van der Waals surface area contributed by atoms with Crippen LogP contribution in [0.3, 0.4) is 0 Å². The van der Waals surface area contributed by atoms with Crippen LogP contribution in [0, 0.1) is 17.0 Å². The lowest BCUT2D eigenvalue weighted by Gasteiger charge is -2.37. The van der Waals surface area contributed by atoms with E-state index in [1.54, 1.807) is 23.7 Å². The normalized spacial score (nSPS) is 15.1. The molecule has 3 aromatic rings. The van der Waals surface area contributed by atoms with Gasteiger partial charge in [0.05, 0.1) is 10.3 Å². The molecule has 0 amide bonds. The van der Waals surface area contributed by atoms with Crippen LogP contribution in [0.2, 0.25) is 0 Å². The van der Waals surface area contributed by atoms with Crippen LogP contribution in [0.25, 0.3) is 10.2 Å². The van der Waals surface area contributed by atoms with Gasteiger partial charge in [0.25, 0.3) is 5.69 Å². The average Bonchev–Trinajstić information content (AvgIpc) is 3.07. The molecule has 4 rings (SSSR count). The summed E-state index contributed by atoms with van der Waals surface area (Å²) in [7, 11) is -3.71.